The Bertz CT molecular complexity index is 561. The van der Waals surface area contributed by atoms with Crippen molar-refractivity contribution in [2.75, 3.05) is 5.73 Å². The molecule has 2 N–H and O–H groups in total. The first-order valence-corrected chi connectivity index (χ1v) is 4.89. The Morgan fingerprint density at radius 1 is 1.06 bits per heavy atom. The molecule has 0 aliphatic heterocycles. The van der Waals surface area contributed by atoms with Gasteiger partial charge in [-0.25, -0.2) is 18.2 Å². The van der Waals surface area contributed by atoms with Crippen molar-refractivity contribution in [3.05, 3.63) is 41.3 Å². The molecule has 94 valence electrons. The van der Waals surface area contributed by atoms with Crippen LogP contribution < -0.4 is 10.5 Å². The summed E-state index contributed by atoms with van der Waals surface area (Å²) >= 11 is 0. The lowest BCUT2D eigenvalue weighted by molar-refractivity contribution is 0.389. The Hall–Kier alpha value is -2.31. The van der Waals surface area contributed by atoms with Crippen LogP contribution in [0.1, 0.15) is 5.69 Å². The van der Waals surface area contributed by atoms with Crippen LogP contribution in [-0.4, -0.2) is 9.97 Å². The second kappa shape index (κ2) is 4.52. The van der Waals surface area contributed by atoms with Gasteiger partial charge in [0.05, 0.1) is 0 Å². The maximum absolute atomic E-state index is 13.3. The van der Waals surface area contributed by atoms with Crippen LogP contribution in [0.3, 0.4) is 0 Å². The Morgan fingerprint density at radius 3 is 2.22 bits per heavy atom. The molecule has 0 fully saturated rings. The van der Waals surface area contributed by atoms with Gasteiger partial charge < -0.3 is 10.5 Å². The zero-order chi connectivity index (χ0) is 13.3. The minimum absolute atomic E-state index is 0.0899. The summed E-state index contributed by atoms with van der Waals surface area (Å²) in [6.45, 7) is 1.61. The van der Waals surface area contributed by atoms with Gasteiger partial charge in [0, 0.05) is 23.9 Å². The second-order valence-corrected chi connectivity index (χ2v) is 3.51. The molecular weight excluding hydrogens is 247 g/mol. The van der Waals surface area contributed by atoms with E-state index in [1.165, 1.54) is 6.07 Å². The fourth-order valence-electron chi connectivity index (χ4n) is 1.35. The summed E-state index contributed by atoms with van der Waals surface area (Å²) in [7, 11) is 0. The lowest BCUT2D eigenvalue weighted by Crippen LogP contribution is -2.01. The molecule has 1 heterocycles. The second-order valence-electron chi connectivity index (χ2n) is 3.51. The van der Waals surface area contributed by atoms with E-state index in [2.05, 4.69) is 9.97 Å². The molecule has 0 saturated heterocycles. The lowest BCUT2D eigenvalue weighted by Gasteiger charge is -2.08. The highest BCUT2D eigenvalue weighted by molar-refractivity contribution is 5.33. The van der Waals surface area contributed by atoms with Gasteiger partial charge in [0.1, 0.15) is 5.82 Å². The van der Waals surface area contributed by atoms with Crippen LogP contribution >= 0.6 is 0 Å². The van der Waals surface area contributed by atoms with Gasteiger partial charge in [0.15, 0.2) is 11.6 Å². The number of nitrogens with zero attached hydrogens (tertiary/aromatic N) is 2. The van der Waals surface area contributed by atoms with Gasteiger partial charge in [0.25, 0.3) is 0 Å². The van der Waals surface area contributed by atoms with Crippen molar-refractivity contribution < 1.29 is 17.9 Å². The third-order valence-corrected chi connectivity index (χ3v) is 2.02. The van der Waals surface area contributed by atoms with Crippen molar-refractivity contribution in [1.82, 2.24) is 9.97 Å². The van der Waals surface area contributed by atoms with E-state index in [9.17, 15) is 13.2 Å². The largest absolute Gasteiger partial charge is 0.433 e. The monoisotopic (exact) mass is 255 g/mol. The average molecular weight is 255 g/mol. The number of aryl methyl sites for hydroxylation is 1. The predicted molar refractivity (Wildman–Crippen MR) is 57.6 cm³/mol. The van der Waals surface area contributed by atoms with Gasteiger partial charge in [-0.05, 0) is 6.92 Å². The summed E-state index contributed by atoms with van der Waals surface area (Å²) < 4.78 is 44.2. The SMILES string of the molecule is Cc1cc(Oc2c(F)cc(F)cc2F)nc(N)n1. The van der Waals surface area contributed by atoms with Crippen molar-refractivity contribution in [3.8, 4) is 11.6 Å². The Labute approximate surface area is 100 Å². The highest BCUT2D eigenvalue weighted by atomic mass is 19.1. The third-order valence-electron chi connectivity index (χ3n) is 2.02. The number of hydrogen-bond acceptors (Lipinski definition) is 4. The van der Waals surface area contributed by atoms with Crippen LogP contribution in [0.5, 0.6) is 11.6 Å². The molecule has 4 nitrogen and oxygen atoms in total. The molecular formula is C11H8F3N3O. The van der Waals surface area contributed by atoms with Crippen molar-refractivity contribution in [3.63, 3.8) is 0 Å². The van der Waals surface area contributed by atoms with E-state index in [1.54, 1.807) is 6.92 Å². The number of anilines is 1. The van der Waals surface area contributed by atoms with Crippen molar-refractivity contribution in [2.24, 2.45) is 0 Å². The molecule has 0 aliphatic rings. The van der Waals surface area contributed by atoms with Crippen LogP contribution in [0, 0.1) is 24.4 Å². The summed E-state index contributed by atoms with van der Waals surface area (Å²) in [6, 6.07) is 2.37. The van der Waals surface area contributed by atoms with Crippen molar-refractivity contribution >= 4 is 5.95 Å². The summed E-state index contributed by atoms with van der Waals surface area (Å²) in [6.07, 6.45) is 0. The van der Waals surface area contributed by atoms with Gasteiger partial charge in [0.2, 0.25) is 17.6 Å². The van der Waals surface area contributed by atoms with Crippen LogP contribution in [0.4, 0.5) is 19.1 Å². The van der Waals surface area contributed by atoms with Crippen LogP contribution in [0.2, 0.25) is 0 Å². The molecule has 7 heteroatoms. The number of benzene rings is 1. The van der Waals surface area contributed by atoms with E-state index < -0.39 is 23.2 Å². The first kappa shape index (κ1) is 12.2. The number of rotatable bonds is 2. The minimum atomic E-state index is -1.16. The van der Waals surface area contributed by atoms with Gasteiger partial charge in [-0.15, -0.1) is 0 Å². The van der Waals surface area contributed by atoms with Gasteiger partial charge in [-0.1, -0.05) is 0 Å². The number of hydrogen-bond donors (Lipinski definition) is 1. The molecule has 0 unspecified atom stereocenters. The Balaban J connectivity index is 2.40. The van der Waals surface area contributed by atoms with E-state index in [-0.39, 0.29) is 11.8 Å². The average Bonchev–Trinajstić information content (AvgIpc) is 2.22. The van der Waals surface area contributed by atoms with Crippen LogP contribution in [0.25, 0.3) is 0 Å². The van der Waals surface area contributed by atoms with Crippen LogP contribution in [-0.2, 0) is 0 Å². The van der Waals surface area contributed by atoms with E-state index in [0.717, 1.165) is 0 Å². The molecule has 0 aliphatic carbocycles. The first-order valence-electron chi connectivity index (χ1n) is 4.89. The van der Waals surface area contributed by atoms with E-state index >= 15 is 0 Å². The molecule has 0 spiro atoms. The molecule has 1 aromatic heterocycles. The maximum atomic E-state index is 13.3. The maximum Gasteiger partial charge on any atom is 0.224 e. The quantitative estimate of drug-likeness (QED) is 0.895. The number of nitrogens with two attached hydrogens (primary N) is 1. The fourth-order valence-corrected chi connectivity index (χ4v) is 1.35. The molecule has 0 radical (unpaired) electrons. The van der Waals surface area contributed by atoms with Gasteiger partial charge in [-0.3, -0.25) is 0 Å². The molecule has 0 atom stereocenters. The fraction of sp³-hybridized carbons (Fsp3) is 0.0909. The summed E-state index contributed by atoms with van der Waals surface area (Å²) in [5.74, 6) is -4.31. The smallest absolute Gasteiger partial charge is 0.224 e. The number of nitrogen functional groups attached to an aromatic ring is 1. The van der Waals surface area contributed by atoms with Crippen LogP contribution in [0.15, 0.2) is 18.2 Å². The molecule has 0 saturated carbocycles. The number of aromatic nitrogens is 2. The zero-order valence-electron chi connectivity index (χ0n) is 9.25. The van der Waals surface area contributed by atoms with Crippen molar-refractivity contribution in [1.29, 1.82) is 0 Å². The first-order chi connectivity index (χ1) is 8.45. The van der Waals surface area contributed by atoms with E-state index in [4.69, 9.17) is 10.5 Å². The minimum Gasteiger partial charge on any atom is -0.433 e. The molecule has 2 aromatic rings. The van der Waals surface area contributed by atoms with E-state index in [1.807, 2.05) is 0 Å². The summed E-state index contributed by atoms with van der Waals surface area (Å²) in [5, 5.41) is 0. The lowest BCUT2D eigenvalue weighted by atomic mass is 10.3. The molecule has 1 aromatic carbocycles. The number of halogens is 3. The third kappa shape index (κ3) is 2.50. The standard InChI is InChI=1S/C11H8F3N3O/c1-5-2-9(17-11(15)16-5)18-10-7(13)3-6(12)4-8(10)14/h2-4H,1H3,(H2,15,16,17). The molecule has 0 amide bonds. The predicted octanol–water partition coefficient (Wildman–Crippen LogP) is 2.58. The summed E-state index contributed by atoms with van der Waals surface area (Å²) in [5.41, 5.74) is 5.84. The Morgan fingerprint density at radius 2 is 1.67 bits per heavy atom. The highest BCUT2D eigenvalue weighted by Gasteiger charge is 2.15. The highest BCUT2D eigenvalue weighted by Crippen LogP contribution is 2.27. The van der Waals surface area contributed by atoms with E-state index in [0.29, 0.717) is 17.8 Å². The Kier molecular flexibility index (Phi) is 3.05. The normalized spacial score (nSPS) is 10.4. The van der Waals surface area contributed by atoms with Crippen molar-refractivity contribution in [2.45, 2.75) is 6.92 Å². The molecule has 2 rings (SSSR count). The number of ether oxygens (including phenoxy) is 1. The molecule has 0 bridgehead atoms. The van der Waals surface area contributed by atoms with Gasteiger partial charge >= 0.3 is 0 Å². The summed E-state index contributed by atoms with van der Waals surface area (Å²) in [4.78, 5) is 7.43. The zero-order valence-corrected chi connectivity index (χ0v) is 9.25. The topological polar surface area (TPSA) is 61.0 Å². The van der Waals surface area contributed by atoms with Gasteiger partial charge in [-0.2, -0.15) is 4.98 Å². The molecule has 18 heavy (non-hydrogen) atoms.